The van der Waals surface area contributed by atoms with E-state index in [0.29, 0.717) is 5.92 Å². The molecular formula is C15H24BrNO. The molecule has 0 amide bonds. The Bertz CT molecular complexity index is 292. The number of halogens is 1. The first-order valence-corrected chi connectivity index (χ1v) is 8.01. The smallest absolute Gasteiger partial charge is 0.0472 e. The van der Waals surface area contributed by atoms with Crippen LogP contribution in [-0.4, -0.2) is 23.5 Å². The van der Waals surface area contributed by atoms with Crippen molar-refractivity contribution in [1.29, 1.82) is 0 Å². The molecule has 1 unspecified atom stereocenters. The maximum atomic E-state index is 5.67. The molecule has 0 bridgehead atoms. The molecule has 0 aliphatic rings. The Balaban J connectivity index is 1.98. The van der Waals surface area contributed by atoms with Crippen molar-refractivity contribution in [3.05, 3.63) is 30.1 Å². The third-order valence-electron chi connectivity index (χ3n) is 3.06. The Hall–Kier alpha value is -0.410. The molecule has 102 valence electrons. The van der Waals surface area contributed by atoms with Gasteiger partial charge in [-0.1, -0.05) is 41.8 Å². The third-order valence-corrected chi connectivity index (χ3v) is 3.62. The van der Waals surface area contributed by atoms with Gasteiger partial charge in [0.05, 0.1) is 0 Å². The zero-order valence-corrected chi connectivity index (χ0v) is 12.9. The predicted molar refractivity (Wildman–Crippen MR) is 80.4 cm³/mol. The second-order valence-electron chi connectivity index (χ2n) is 4.66. The van der Waals surface area contributed by atoms with Gasteiger partial charge in [-0.05, 0) is 31.4 Å². The number of aromatic nitrogens is 1. The monoisotopic (exact) mass is 313 g/mol. The summed E-state index contributed by atoms with van der Waals surface area (Å²) in [6, 6.07) is 6.09. The summed E-state index contributed by atoms with van der Waals surface area (Å²) in [5, 5.41) is 1.12. The van der Waals surface area contributed by atoms with Crippen LogP contribution in [0.15, 0.2) is 24.4 Å². The molecule has 1 rings (SSSR count). The van der Waals surface area contributed by atoms with Gasteiger partial charge >= 0.3 is 0 Å². The molecule has 0 spiro atoms. The fourth-order valence-electron chi connectivity index (χ4n) is 1.83. The highest BCUT2D eigenvalue weighted by Crippen LogP contribution is 2.15. The quantitative estimate of drug-likeness (QED) is 0.467. The standard InChI is InChI=1S/C15H24BrNO/c1-14(15-8-4-6-11-17-15)9-13-18-12-7-3-2-5-10-16/h4,6,8,11,14H,2-3,5,7,9-10,12-13H2,1H3. The normalized spacial score (nSPS) is 12.6. The maximum absolute atomic E-state index is 5.67. The maximum Gasteiger partial charge on any atom is 0.0472 e. The number of alkyl halides is 1. The number of nitrogens with zero attached hydrogens (tertiary/aromatic N) is 1. The molecule has 18 heavy (non-hydrogen) atoms. The lowest BCUT2D eigenvalue weighted by Gasteiger charge is -2.10. The van der Waals surface area contributed by atoms with Crippen LogP contribution in [0, 0.1) is 0 Å². The van der Waals surface area contributed by atoms with Crippen LogP contribution in [0.2, 0.25) is 0 Å². The van der Waals surface area contributed by atoms with Crippen LogP contribution in [0.25, 0.3) is 0 Å². The van der Waals surface area contributed by atoms with Gasteiger partial charge in [-0.15, -0.1) is 0 Å². The largest absolute Gasteiger partial charge is 0.381 e. The van der Waals surface area contributed by atoms with E-state index < -0.39 is 0 Å². The van der Waals surface area contributed by atoms with Gasteiger partial charge < -0.3 is 4.74 Å². The van der Waals surface area contributed by atoms with E-state index in [2.05, 4.69) is 33.9 Å². The van der Waals surface area contributed by atoms with E-state index in [4.69, 9.17) is 4.74 Å². The summed E-state index contributed by atoms with van der Waals surface area (Å²) >= 11 is 3.44. The van der Waals surface area contributed by atoms with Crippen LogP contribution in [0.4, 0.5) is 0 Å². The Morgan fingerprint density at radius 1 is 1.17 bits per heavy atom. The van der Waals surface area contributed by atoms with E-state index in [9.17, 15) is 0 Å². The highest BCUT2D eigenvalue weighted by Gasteiger charge is 2.05. The topological polar surface area (TPSA) is 22.1 Å². The SMILES string of the molecule is CC(CCOCCCCCCBr)c1ccccn1. The highest BCUT2D eigenvalue weighted by molar-refractivity contribution is 9.09. The number of pyridine rings is 1. The van der Waals surface area contributed by atoms with Crippen molar-refractivity contribution in [1.82, 2.24) is 4.98 Å². The Morgan fingerprint density at radius 2 is 2.00 bits per heavy atom. The van der Waals surface area contributed by atoms with E-state index in [1.54, 1.807) is 0 Å². The Labute approximate surface area is 119 Å². The summed E-state index contributed by atoms with van der Waals surface area (Å²) in [6.45, 7) is 3.95. The molecule has 1 atom stereocenters. The molecule has 0 saturated heterocycles. The summed E-state index contributed by atoms with van der Waals surface area (Å²) in [6.07, 6.45) is 7.96. The number of rotatable bonds is 10. The van der Waals surface area contributed by atoms with Crippen molar-refractivity contribution < 1.29 is 4.74 Å². The van der Waals surface area contributed by atoms with E-state index in [1.165, 1.54) is 31.4 Å². The Kier molecular flexibility index (Phi) is 9.13. The van der Waals surface area contributed by atoms with Crippen LogP contribution in [0.1, 0.15) is 50.6 Å². The molecule has 0 aliphatic carbocycles. The predicted octanol–water partition coefficient (Wildman–Crippen LogP) is 4.55. The lowest BCUT2D eigenvalue weighted by Crippen LogP contribution is -2.03. The number of ether oxygens (including phenoxy) is 1. The Morgan fingerprint density at radius 3 is 2.72 bits per heavy atom. The molecule has 2 nitrogen and oxygen atoms in total. The second kappa shape index (κ2) is 10.5. The van der Waals surface area contributed by atoms with Crippen LogP contribution in [0.5, 0.6) is 0 Å². The minimum Gasteiger partial charge on any atom is -0.381 e. The highest BCUT2D eigenvalue weighted by atomic mass is 79.9. The van der Waals surface area contributed by atoms with Crippen molar-refractivity contribution in [2.45, 2.75) is 44.9 Å². The summed E-state index contributed by atoms with van der Waals surface area (Å²) in [5.41, 5.74) is 1.17. The summed E-state index contributed by atoms with van der Waals surface area (Å²) < 4.78 is 5.67. The van der Waals surface area contributed by atoms with Gasteiger partial charge in [0.1, 0.15) is 0 Å². The summed E-state index contributed by atoms with van der Waals surface area (Å²) in [5.74, 6) is 0.486. The van der Waals surface area contributed by atoms with E-state index >= 15 is 0 Å². The second-order valence-corrected chi connectivity index (χ2v) is 5.45. The van der Waals surface area contributed by atoms with Crippen LogP contribution in [-0.2, 0) is 4.74 Å². The fourth-order valence-corrected chi connectivity index (χ4v) is 2.23. The molecule has 0 saturated carbocycles. The van der Waals surface area contributed by atoms with Crippen molar-refractivity contribution in [2.75, 3.05) is 18.5 Å². The zero-order valence-electron chi connectivity index (χ0n) is 11.3. The van der Waals surface area contributed by atoms with E-state index in [-0.39, 0.29) is 0 Å². The van der Waals surface area contributed by atoms with Gasteiger partial charge in [0.15, 0.2) is 0 Å². The molecule has 0 aromatic carbocycles. The molecule has 1 aromatic rings. The van der Waals surface area contributed by atoms with Gasteiger partial charge in [0.2, 0.25) is 0 Å². The molecular weight excluding hydrogens is 290 g/mol. The molecule has 0 N–H and O–H groups in total. The minimum absolute atomic E-state index is 0.486. The van der Waals surface area contributed by atoms with Crippen LogP contribution >= 0.6 is 15.9 Å². The van der Waals surface area contributed by atoms with Crippen molar-refractivity contribution >= 4 is 15.9 Å². The third kappa shape index (κ3) is 7.12. The average Bonchev–Trinajstić information content (AvgIpc) is 2.42. The minimum atomic E-state index is 0.486. The van der Waals surface area contributed by atoms with E-state index in [0.717, 1.165) is 25.0 Å². The van der Waals surface area contributed by atoms with Crippen molar-refractivity contribution in [2.24, 2.45) is 0 Å². The summed E-state index contributed by atoms with van der Waals surface area (Å²) in [7, 11) is 0. The van der Waals surface area contributed by atoms with Gasteiger partial charge in [-0.3, -0.25) is 4.98 Å². The number of hydrogen-bond donors (Lipinski definition) is 0. The fraction of sp³-hybridized carbons (Fsp3) is 0.667. The molecule has 3 heteroatoms. The van der Waals surface area contributed by atoms with Crippen molar-refractivity contribution in [3.8, 4) is 0 Å². The van der Waals surface area contributed by atoms with Gasteiger partial charge in [-0.2, -0.15) is 0 Å². The van der Waals surface area contributed by atoms with Crippen LogP contribution in [0.3, 0.4) is 0 Å². The molecule has 1 heterocycles. The summed E-state index contributed by atoms with van der Waals surface area (Å²) in [4.78, 5) is 4.37. The van der Waals surface area contributed by atoms with Crippen molar-refractivity contribution in [3.63, 3.8) is 0 Å². The lowest BCUT2D eigenvalue weighted by molar-refractivity contribution is 0.123. The molecule has 0 aliphatic heterocycles. The number of hydrogen-bond acceptors (Lipinski definition) is 2. The first-order chi connectivity index (χ1) is 8.84. The van der Waals surface area contributed by atoms with Crippen LogP contribution < -0.4 is 0 Å². The van der Waals surface area contributed by atoms with Gasteiger partial charge in [0, 0.05) is 36.4 Å². The first kappa shape index (κ1) is 15.6. The molecule has 0 fully saturated rings. The van der Waals surface area contributed by atoms with Gasteiger partial charge in [-0.25, -0.2) is 0 Å². The molecule has 0 radical (unpaired) electrons. The number of unbranched alkanes of at least 4 members (excludes halogenated alkanes) is 3. The lowest BCUT2D eigenvalue weighted by atomic mass is 10.0. The molecule has 1 aromatic heterocycles. The average molecular weight is 314 g/mol. The van der Waals surface area contributed by atoms with E-state index in [1.807, 2.05) is 18.3 Å². The first-order valence-electron chi connectivity index (χ1n) is 6.89. The van der Waals surface area contributed by atoms with Gasteiger partial charge in [0.25, 0.3) is 0 Å². The zero-order chi connectivity index (χ0) is 13.1.